The van der Waals surface area contributed by atoms with Crippen LogP contribution in [-0.4, -0.2) is 34.0 Å². The van der Waals surface area contributed by atoms with Crippen LogP contribution < -0.4 is 5.56 Å². The molecule has 0 fully saturated rings. The van der Waals surface area contributed by atoms with Crippen molar-refractivity contribution >= 4 is 5.97 Å². The highest BCUT2D eigenvalue weighted by molar-refractivity contribution is 5.77. The summed E-state index contributed by atoms with van der Waals surface area (Å²) in [4.78, 5) is 24.5. The Hall–Kier alpha value is -2.41. The number of hydrogen-bond acceptors (Lipinski definition) is 4. The lowest BCUT2D eigenvalue weighted by molar-refractivity contribution is -0.156. The third-order valence-electron chi connectivity index (χ3n) is 4.41. The molecule has 0 bridgehead atoms. The van der Waals surface area contributed by atoms with Gasteiger partial charge in [-0.3, -0.25) is 14.7 Å². The van der Waals surface area contributed by atoms with Gasteiger partial charge in [0.05, 0.1) is 18.6 Å². The zero-order chi connectivity index (χ0) is 16.8. The Kier molecular flexibility index (Phi) is 3.60. The molecule has 3 N–H and O–H groups in total. The maximum Gasteiger partial charge on any atom is 0.312 e. The Morgan fingerprint density at radius 3 is 2.83 bits per heavy atom. The molecule has 0 saturated carbocycles. The summed E-state index contributed by atoms with van der Waals surface area (Å²) >= 11 is 0. The lowest BCUT2D eigenvalue weighted by Gasteiger charge is -2.40. The lowest BCUT2D eigenvalue weighted by atomic mass is 9.66. The summed E-state index contributed by atoms with van der Waals surface area (Å²) in [6.07, 6.45) is 0.0899. The molecule has 6 nitrogen and oxygen atoms in total. The average Bonchev–Trinajstić information content (AvgIpc) is 2.84. The van der Waals surface area contributed by atoms with Gasteiger partial charge in [0.1, 0.15) is 5.82 Å². The van der Waals surface area contributed by atoms with Crippen LogP contribution >= 0.6 is 0 Å². The monoisotopic (exact) mass is 320 g/mol. The molecule has 0 aliphatic heterocycles. The third kappa shape index (κ3) is 2.46. The number of aliphatic hydroxyl groups is 1. The molecule has 122 valence electrons. The number of H-pyrrole nitrogens is 2. The summed E-state index contributed by atoms with van der Waals surface area (Å²) in [5.41, 5.74) is -0.556. The SMILES string of the molecule is COC(=O)[C@H]1[C@@H](c2cccc(F)c2)c2c([nH][nH]c2=O)C[C@@]1(C)O. The van der Waals surface area contributed by atoms with Gasteiger partial charge in [0.25, 0.3) is 5.56 Å². The van der Waals surface area contributed by atoms with Crippen molar-refractivity contribution in [1.82, 2.24) is 10.2 Å². The van der Waals surface area contributed by atoms with Gasteiger partial charge in [0.15, 0.2) is 0 Å². The molecular formula is C16H17FN2O4. The summed E-state index contributed by atoms with van der Waals surface area (Å²) in [6, 6.07) is 5.67. The summed E-state index contributed by atoms with van der Waals surface area (Å²) in [5, 5.41) is 16.0. The Bertz CT molecular complexity index is 808. The van der Waals surface area contributed by atoms with Crippen molar-refractivity contribution < 1.29 is 19.0 Å². The minimum Gasteiger partial charge on any atom is -0.469 e. The number of carbonyl (C=O) groups is 1. The molecule has 1 aliphatic rings. The predicted octanol–water partition coefficient (Wildman–Crippen LogP) is 1.07. The first-order valence-corrected chi connectivity index (χ1v) is 7.20. The summed E-state index contributed by atoms with van der Waals surface area (Å²) in [6.45, 7) is 1.51. The number of aromatic nitrogens is 2. The van der Waals surface area contributed by atoms with Crippen molar-refractivity contribution in [2.45, 2.75) is 24.9 Å². The first-order valence-electron chi connectivity index (χ1n) is 7.20. The number of fused-ring (bicyclic) bond motifs is 1. The Labute approximate surface area is 131 Å². The van der Waals surface area contributed by atoms with Crippen molar-refractivity contribution in [2.24, 2.45) is 5.92 Å². The van der Waals surface area contributed by atoms with Crippen molar-refractivity contribution in [3.05, 3.63) is 57.3 Å². The van der Waals surface area contributed by atoms with Gasteiger partial charge in [-0.1, -0.05) is 12.1 Å². The summed E-state index contributed by atoms with van der Waals surface area (Å²) in [5.74, 6) is -2.94. The first-order chi connectivity index (χ1) is 10.8. The highest BCUT2D eigenvalue weighted by atomic mass is 19.1. The molecule has 0 saturated heterocycles. The maximum atomic E-state index is 13.7. The number of carbonyl (C=O) groups excluding carboxylic acids is 1. The second kappa shape index (κ2) is 5.34. The molecule has 3 atom stereocenters. The van der Waals surface area contributed by atoms with Gasteiger partial charge in [-0.15, -0.1) is 0 Å². The van der Waals surface area contributed by atoms with E-state index in [0.29, 0.717) is 16.8 Å². The van der Waals surface area contributed by atoms with Crippen LogP contribution in [-0.2, 0) is 16.0 Å². The van der Waals surface area contributed by atoms with Crippen LogP contribution in [0.4, 0.5) is 4.39 Å². The largest absolute Gasteiger partial charge is 0.469 e. The van der Waals surface area contributed by atoms with Crippen LogP contribution in [0.25, 0.3) is 0 Å². The number of benzene rings is 1. The zero-order valence-corrected chi connectivity index (χ0v) is 12.7. The number of nitrogens with one attached hydrogen (secondary N) is 2. The molecule has 7 heteroatoms. The molecule has 1 aromatic carbocycles. The average molecular weight is 320 g/mol. The van der Waals surface area contributed by atoms with Crippen LogP contribution in [0.15, 0.2) is 29.1 Å². The third-order valence-corrected chi connectivity index (χ3v) is 4.41. The number of hydrogen-bond donors (Lipinski definition) is 3. The second-order valence-corrected chi connectivity index (χ2v) is 6.04. The van der Waals surface area contributed by atoms with Crippen molar-refractivity contribution in [3.8, 4) is 0 Å². The van der Waals surface area contributed by atoms with E-state index in [1.54, 1.807) is 6.07 Å². The van der Waals surface area contributed by atoms with E-state index in [1.807, 2.05) is 0 Å². The summed E-state index contributed by atoms with van der Waals surface area (Å²) < 4.78 is 18.5. The fourth-order valence-corrected chi connectivity index (χ4v) is 3.44. The first kappa shape index (κ1) is 15.5. The number of ether oxygens (including phenoxy) is 1. The van der Waals surface area contributed by atoms with Crippen molar-refractivity contribution in [2.75, 3.05) is 7.11 Å². The highest BCUT2D eigenvalue weighted by Crippen LogP contribution is 2.44. The quantitative estimate of drug-likeness (QED) is 0.721. The van der Waals surface area contributed by atoms with E-state index in [1.165, 1.54) is 32.2 Å². The number of esters is 1. The number of rotatable bonds is 2. The zero-order valence-electron chi connectivity index (χ0n) is 12.7. The molecular weight excluding hydrogens is 303 g/mol. The molecule has 0 amide bonds. The Balaban J connectivity index is 2.26. The molecule has 2 aromatic rings. The van der Waals surface area contributed by atoms with E-state index in [2.05, 4.69) is 10.2 Å². The van der Waals surface area contributed by atoms with E-state index >= 15 is 0 Å². The second-order valence-electron chi connectivity index (χ2n) is 6.04. The van der Waals surface area contributed by atoms with Crippen LogP contribution in [0.2, 0.25) is 0 Å². The standard InChI is InChI=1S/C16H17FN2O4/c1-16(22)7-10-12(14(20)19-18-10)11(13(16)15(21)23-2)8-4-3-5-9(17)6-8/h3-6,11,13,22H,7H2,1-2H3,(H2,18,19,20)/t11-,13+,16+/m0/s1. The van der Waals surface area contributed by atoms with Gasteiger partial charge < -0.3 is 14.9 Å². The minimum absolute atomic E-state index is 0.0899. The van der Waals surface area contributed by atoms with E-state index in [4.69, 9.17) is 4.74 Å². The van der Waals surface area contributed by atoms with Crippen molar-refractivity contribution in [1.29, 1.82) is 0 Å². The fourth-order valence-electron chi connectivity index (χ4n) is 3.44. The molecule has 1 aliphatic carbocycles. The predicted molar refractivity (Wildman–Crippen MR) is 79.5 cm³/mol. The Morgan fingerprint density at radius 1 is 1.43 bits per heavy atom. The van der Waals surface area contributed by atoms with Gasteiger partial charge in [-0.05, 0) is 24.6 Å². The van der Waals surface area contributed by atoms with Gasteiger partial charge >= 0.3 is 5.97 Å². The topological polar surface area (TPSA) is 95.2 Å². The van der Waals surface area contributed by atoms with E-state index < -0.39 is 34.8 Å². The van der Waals surface area contributed by atoms with E-state index in [0.717, 1.165) is 0 Å². The molecule has 3 rings (SSSR count). The highest BCUT2D eigenvalue weighted by Gasteiger charge is 2.51. The lowest BCUT2D eigenvalue weighted by Crippen LogP contribution is -2.49. The molecule has 0 spiro atoms. The number of methoxy groups -OCH3 is 1. The number of halogens is 1. The Morgan fingerprint density at radius 2 is 2.17 bits per heavy atom. The minimum atomic E-state index is -1.44. The normalized spacial score (nSPS) is 26.6. The van der Waals surface area contributed by atoms with Crippen LogP contribution in [0.3, 0.4) is 0 Å². The summed E-state index contributed by atoms with van der Waals surface area (Å²) in [7, 11) is 1.22. The molecule has 0 radical (unpaired) electrons. The van der Waals surface area contributed by atoms with Gasteiger partial charge in [0, 0.05) is 23.6 Å². The van der Waals surface area contributed by atoms with Crippen LogP contribution in [0.1, 0.15) is 29.7 Å². The van der Waals surface area contributed by atoms with Crippen LogP contribution in [0.5, 0.6) is 0 Å². The molecule has 23 heavy (non-hydrogen) atoms. The molecule has 0 unspecified atom stereocenters. The maximum absolute atomic E-state index is 13.7. The van der Waals surface area contributed by atoms with Gasteiger partial charge in [-0.25, -0.2) is 4.39 Å². The van der Waals surface area contributed by atoms with Gasteiger partial charge in [0.2, 0.25) is 0 Å². The van der Waals surface area contributed by atoms with E-state index in [9.17, 15) is 19.1 Å². The number of aromatic amines is 2. The van der Waals surface area contributed by atoms with Gasteiger partial charge in [-0.2, -0.15) is 0 Å². The fraction of sp³-hybridized carbons (Fsp3) is 0.375. The smallest absolute Gasteiger partial charge is 0.312 e. The van der Waals surface area contributed by atoms with Crippen LogP contribution in [0, 0.1) is 11.7 Å². The van der Waals surface area contributed by atoms with Crippen molar-refractivity contribution in [3.63, 3.8) is 0 Å². The molecule has 1 heterocycles. The van der Waals surface area contributed by atoms with E-state index in [-0.39, 0.29) is 6.42 Å². The molecule has 1 aromatic heterocycles.